The van der Waals surface area contributed by atoms with Crippen LogP contribution in [0.3, 0.4) is 0 Å². The van der Waals surface area contributed by atoms with E-state index in [-0.39, 0.29) is 16.8 Å². The fraction of sp³-hybridized carbons (Fsp3) is 0. The van der Waals surface area contributed by atoms with Gasteiger partial charge in [-0.3, -0.25) is 4.79 Å². The van der Waals surface area contributed by atoms with Crippen molar-refractivity contribution in [2.75, 3.05) is 0 Å². The molecule has 0 radical (unpaired) electrons. The highest BCUT2D eigenvalue weighted by atomic mass is 79.9. The minimum Gasteiger partial charge on any atom is -0.434 e. The van der Waals surface area contributed by atoms with Crippen LogP contribution in [0.5, 0.6) is 11.6 Å². The first-order valence-corrected chi connectivity index (χ1v) is 6.13. The second kappa shape index (κ2) is 5.07. The number of aromatic nitrogens is 2. The number of rotatable bonds is 2. The van der Waals surface area contributed by atoms with Crippen molar-refractivity contribution in [3.63, 3.8) is 0 Å². The Hall–Kier alpha value is -1.05. The van der Waals surface area contributed by atoms with Crippen molar-refractivity contribution in [1.29, 1.82) is 0 Å². The smallest absolute Gasteiger partial charge is 0.283 e. The van der Waals surface area contributed by atoms with Crippen molar-refractivity contribution in [2.24, 2.45) is 0 Å². The van der Waals surface area contributed by atoms with Gasteiger partial charge in [0.25, 0.3) is 11.3 Å². The van der Waals surface area contributed by atoms with Crippen molar-refractivity contribution < 1.29 is 9.13 Å². The SMILES string of the molecule is O=c1c(Cl)nsnc1Oc1ccc(F)cc1Br. The molecule has 0 atom stereocenters. The summed E-state index contributed by atoms with van der Waals surface area (Å²) in [7, 11) is 0. The van der Waals surface area contributed by atoms with Crippen LogP contribution >= 0.6 is 39.3 Å². The quantitative estimate of drug-likeness (QED) is 0.844. The monoisotopic (exact) mass is 336 g/mol. The Morgan fingerprint density at radius 1 is 1.41 bits per heavy atom. The molecule has 0 saturated carbocycles. The minimum absolute atomic E-state index is 0.192. The van der Waals surface area contributed by atoms with Gasteiger partial charge in [-0.2, -0.15) is 4.37 Å². The molecule has 1 heterocycles. The highest BCUT2D eigenvalue weighted by Crippen LogP contribution is 2.28. The molecule has 0 N–H and O–H groups in total. The van der Waals surface area contributed by atoms with Crippen LogP contribution in [0, 0.1) is 5.82 Å². The van der Waals surface area contributed by atoms with Gasteiger partial charge in [-0.15, -0.1) is 4.37 Å². The van der Waals surface area contributed by atoms with E-state index in [1.165, 1.54) is 18.2 Å². The molecule has 0 unspecified atom stereocenters. The summed E-state index contributed by atoms with van der Waals surface area (Å²) in [5, 5.41) is -0.210. The van der Waals surface area contributed by atoms with Crippen LogP contribution in [0.15, 0.2) is 27.5 Å². The van der Waals surface area contributed by atoms with E-state index >= 15 is 0 Å². The van der Waals surface area contributed by atoms with Gasteiger partial charge in [0.1, 0.15) is 11.6 Å². The van der Waals surface area contributed by atoms with Crippen LogP contribution in [-0.2, 0) is 0 Å². The first-order chi connectivity index (χ1) is 8.08. The standard InChI is InChI=1S/C9H3BrClFN2O2S/c10-5-3-4(12)1-2-6(5)16-9-7(15)8(11)13-17-14-9/h1-3H. The number of hydrogen-bond donors (Lipinski definition) is 0. The highest BCUT2D eigenvalue weighted by molar-refractivity contribution is 9.10. The Labute approximate surface area is 112 Å². The molecule has 1 aromatic carbocycles. The van der Waals surface area contributed by atoms with Crippen LogP contribution in [0.1, 0.15) is 0 Å². The van der Waals surface area contributed by atoms with E-state index in [9.17, 15) is 9.18 Å². The van der Waals surface area contributed by atoms with Crippen LogP contribution in [0.4, 0.5) is 4.39 Å². The van der Waals surface area contributed by atoms with Gasteiger partial charge in [0.2, 0.25) is 0 Å². The van der Waals surface area contributed by atoms with E-state index < -0.39 is 11.2 Å². The van der Waals surface area contributed by atoms with Crippen molar-refractivity contribution in [3.8, 4) is 11.6 Å². The molecule has 0 fully saturated rings. The molecular weight excluding hydrogens is 335 g/mol. The first kappa shape index (κ1) is 12.4. The van der Waals surface area contributed by atoms with Crippen LogP contribution < -0.4 is 10.2 Å². The first-order valence-electron chi connectivity index (χ1n) is 4.23. The second-order valence-electron chi connectivity index (χ2n) is 2.87. The summed E-state index contributed by atoms with van der Waals surface area (Å²) in [5.74, 6) is -0.345. The van der Waals surface area contributed by atoms with E-state index in [4.69, 9.17) is 16.3 Å². The number of hydrogen-bond acceptors (Lipinski definition) is 5. The minimum atomic E-state index is -0.610. The highest BCUT2D eigenvalue weighted by Gasteiger charge is 2.11. The average molecular weight is 338 g/mol. The number of benzene rings is 1. The van der Waals surface area contributed by atoms with E-state index in [1.807, 2.05) is 0 Å². The molecule has 2 rings (SSSR count). The lowest BCUT2D eigenvalue weighted by Gasteiger charge is -2.05. The predicted molar refractivity (Wildman–Crippen MR) is 65.4 cm³/mol. The number of ether oxygens (including phenoxy) is 1. The van der Waals surface area contributed by atoms with Crippen molar-refractivity contribution in [2.45, 2.75) is 0 Å². The largest absolute Gasteiger partial charge is 0.434 e. The zero-order valence-electron chi connectivity index (χ0n) is 7.99. The summed E-state index contributed by atoms with van der Waals surface area (Å²) in [6.45, 7) is 0. The predicted octanol–water partition coefficient (Wildman–Crippen LogP) is 3.25. The third-order valence-electron chi connectivity index (χ3n) is 1.73. The van der Waals surface area contributed by atoms with Crippen LogP contribution in [-0.4, -0.2) is 8.75 Å². The zero-order chi connectivity index (χ0) is 12.4. The Bertz CT molecular complexity index is 622. The number of halogens is 3. The molecule has 4 nitrogen and oxygen atoms in total. The molecule has 1 aromatic heterocycles. The molecule has 0 amide bonds. The van der Waals surface area contributed by atoms with Gasteiger partial charge in [-0.05, 0) is 34.1 Å². The fourth-order valence-electron chi connectivity index (χ4n) is 0.992. The molecule has 0 aliphatic heterocycles. The Kier molecular flexibility index (Phi) is 3.70. The third-order valence-corrected chi connectivity index (χ3v) is 3.21. The normalized spacial score (nSPS) is 10.3. The van der Waals surface area contributed by atoms with Crippen molar-refractivity contribution in [3.05, 3.63) is 43.9 Å². The van der Waals surface area contributed by atoms with Gasteiger partial charge in [0.05, 0.1) is 16.2 Å². The fourth-order valence-corrected chi connectivity index (χ4v) is 1.99. The summed E-state index contributed by atoms with van der Waals surface area (Å²) >= 11 is 9.40. The van der Waals surface area contributed by atoms with Crippen LogP contribution in [0.2, 0.25) is 5.15 Å². The Morgan fingerprint density at radius 3 is 2.88 bits per heavy atom. The number of nitrogens with zero attached hydrogens (tertiary/aromatic N) is 2. The van der Waals surface area contributed by atoms with Gasteiger partial charge in [-0.25, -0.2) is 4.39 Å². The Morgan fingerprint density at radius 2 is 2.18 bits per heavy atom. The van der Waals surface area contributed by atoms with Gasteiger partial charge in [0, 0.05) is 0 Å². The lowest BCUT2D eigenvalue weighted by molar-refractivity contribution is 0.457. The van der Waals surface area contributed by atoms with Crippen LogP contribution in [0.25, 0.3) is 0 Å². The Balaban J connectivity index is 2.38. The summed E-state index contributed by atoms with van der Waals surface area (Å²) in [4.78, 5) is 11.5. The lowest BCUT2D eigenvalue weighted by Crippen LogP contribution is -2.07. The zero-order valence-corrected chi connectivity index (χ0v) is 11.1. The second-order valence-corrected chi connectivity index (χ2v) is 4.61. The maximum Gasteiger partial charge on any atom is 0.283 e. The topological polar surface area (TPSA) is 52.1 Å². The summed E-state index contributed by atoms with van der Waals surface area (Å²) in [6.07, 6.45) is 0. The van der Waals surface area contributed by atoms with E-state index in [0.717, 1.165) is 11.7 Å². The van der Waals surface area contributed by atoms with E-state index in [0.29, 0.717) is 4.47 Å². The van der Waals surface area contributed by atoms with E-state index in [1.54, 1.807) is 0 Å². The molecule has 0 spiro atoms. The molecule has 0 bridgehead atoms. The van der Waals surface area contributed by atoms with Crippen molar-refractivity contribution >= 4 is 39.3 Å². The maximum atomic E-state index is 12.8. The third kappa shape index (κ3) is 2.80. The molecule has 2 aromatic rings. The molecule has 88 valence electrons. The average Bonchev–Trinajstić information content (AvgIpc) is 2.28. The van der Waals surface area contributed by atoms with Gasteiger partial charge < -0.3 is 4.74 Å². The maximum absolute atomic E-state index is 12.8. The molecule has 0 aliphatic rings. The summed E-state index contributed by atoms with van der Waals surface area (Å²) < 4.78 is 25.7. The molecular formula is C9H3BrClFN2O2S. The lowest BCUT2D eigenvalue weighted by atomic mass is 10.3. The van der Waals surface area contributed by atoms with Gasteiger partial charge in [0.15, 0.2) is 5.15 Å². The molecule has 17 heavy (non-hydrogen) atoms. The molecule has 8 heteroatoms. The van der Waals surface area contributed by atoms with Gasteiger partial charge >= 0.3 is 0 Å². The molecule has 0 aliphatic carbocycles. The van der Waals surface area contributed by atoms with Gasteiger partial charge in [-0.1, -0.05) is 11.6 Å². The summed E-state index contributed by atoms with van der Waals surface area (Å²) in [6, 6.07) is 3.79. The molecule has 0 saturated heterocycles. The van der Waals surface area contributed by atoms with Crippen molar-refractivity contribution in [1.82, 2.24) is 8.75 Å². The van der Waals surface area contributed by atoms with E-state index in [2.05, 4.69) is 24.7 Å². The summed E-state index contributed by atoms with van der Waals surface area (Å²) in [5.41, 5.74) is -0.610.